The van der Waals surface area contributed by atoms with Gasteiger partial charge < -0.3 is 20.6 Å². The van der Waals surface area contributed by atoms with Gasteiger partial charge in [-0.1, -0.05) is 0 Å². The smallest absolute Gasteiger partial charge is 0.276 e. The van der Waals surface area contributed by atoms with Crippen LogP contribution in [-0.2, 0) is 4.74 Å². The number of ether oxygens (including phenoxy) is 1. The summed E-state index contributed by atoms with van der Waals surface area (Å²) in [4.78, 5) is 14.3. The molecule has 0 spiro atoms. The van der Waals surface area contributed by atoms with Gasteiger partial charge in [0.1, 0.15) is 11.6 Å². The van der Waals surface area contributed by atoms with Crippen molar-refractivity contribution in [2.24, 2.45) is 5.84 Å². The maximum Gasteiger partial charge on any atom is 0.276 e. The number of nitrogens with one attached hydrogen (secondary N) is 2. The second-order valence-corrected chi connectivity index (χ2v) is 4.69. The molecule has 1 fully saturated rings. The minimum Gasteiger partial charge on any atom is -0.388 e. The van der Waals surface area contributed by atoms with Gasteiger partial charge >= 0.3 is 0 Å². The standard InChI is InChI=1S/C11H17N5O4/c12-15-10-6-8(16(18)19)5-9(14-10)13-7-11(17)1-3-20-4-2-11/h5-6,17H,1-4,7,12H2,(H2,13,14,15). The van der Waals surface area contributed by atoms with Gasteiger partial charge in [0.05, 0.1) is 22.7 Å². The average Bonchev–Trinajstić information content (AvgIpc) is 2.45. The zero-order valence-corrected chi connectivity index (χ0v) is 10.8. The molecule has 9 nitrogen and oxygen atoms in total. The van der Waals surface area contributed by atoms with Crippen molar-refractivity contribution in [1.82, 2.24) is 4.98 Å². The van der Waals surface area contributed by atoms with Crippen LogP contribution in [0.3, 0.4) is 0 Å². The molecule has 1 aliphatic rings. The quantitative estimate of drug-likeness (QED) is 0.342. The number of aliphatic hydroxyl groups is 1. The van der Waals surface area contributed by atoms with Gasteiger partial charge in [0.25, 0.3) is 5.69 Å². The summed E-state index contributed by atoms with van der Waals surface area (Å²) < 4.78 is 5.18. The van der Waals surface area contributed by atoms with Crippen molar-refractivity contribution < 1.29 is 14.8 Å². The minimum atomic E-state index is -0.888. The van der Waals surface area contributed by atoms with Gasteiger partial charge in [-0.25, -0.2) is 10.8 Å². The minimum absolute atomic E-state index is 0.130. The Morgan fingerprint density at radius 3 is 2.70 bits per heavy atom. The number of nitrogens with zero attached hydrogens (tertiary/aromatic N) is 2. The van der Waals surface area contributed by atoms with E-state index in [0.29, 0.717) is 26.1 Å². The lowest BCUT2D eigenvalue weighted by atomic mass is 9.94. The normalized spacial score (nSPS) is 17.5. The number of pyridine rings is 1. The largest absolute Gasteiger partial charge is 0.388 e. The Kier molecular flexibility index (Phi) is 4.32. The Morgan fingerprint density at radius 2 is 2.10 bits per heavy atom. The summed E-state index contributed by atoms with van der Waals surface area (Å²) in [6.45, 7) is 1.24. The van der Waals surface area contributed by atoms with Crippen LogP contribution in [0.15, 0.2) is 12.1 Å². The summed E-state index contributed by atoms with van der Waals surface area (Å²) in [7, 11) is 0. The summed E-state index contributed by atoms with van der Waals surface area (Å²) in [6, 6.07) is 2.53. The fourth-order valence-electron chi connectivity index (χ4n) is 1.97. The molecule has 1 aromatic rings. The van der Waals surface area contributed by atoms with Crippen molar-refractivity contribution in [2.45, 2.75) is 18.4 Å². The van der Waals surface area contributed by atoms with Crippen LogP contribution in [0.4, 0.5) is 17.3 Å². The van der Waals surface area contributed by atoms with E-state index < -0.39 is 10.5 Å². The Hall–Kier alpha value is -1.97. The highest BCUT2D eigenvalue weighted by atomic mass is 16.6. The molecule has 1 aromatic heterocycles. The maximum atomic E-state index is 10.8. The summed E-state index contributed by atoms with van der Waals surface area (Å²) in [5.41, 5.74) is 1.25. The van der Waals surface area contributed by atoms with Crippen LogP contribution in [0.5, 0.6) is 0 Å². The number of rotatable bonds is 5. The molecular weight excluding hydrogens is 266 g/mol. The monoisotopic (exact) mass is 283 g/mol. The van der Waals surface area contributed by atoms with Crippen molar-refractivity contribution >= 4 is 17.3 Å². The van der Waals surface area contributed by atoms with Crippen LogP contribution in [-0.4, -0.2) is 40.4 Å². The summed E-state index contributed by atoms with van der Waals surface area (Å²) >= 11 is 0. The Bertz CT molecular complexity index is 490. The van der Waals surface area contributed by atoms with Crippen LogP contribution in [0.2, 0.25) is 0 Å². The lowest BCUT2D eigenvalue weighted by Gasteiger charge is -2.32. The molecule has 0 amide bonds. The van der Waals surface area contributed by atoms with Crippen molar-refractivity contribution in [1.29, 1.82) is 0 Å². The third-order valence-electron chi connectivity index (χ3n) is 3.19. The molecule has 1 aliphatic heterocycles. The van der Waals surface area contributed by atoms with Crippen molar-refractivity contribution in [3.05, 3.63) is 22.2 Å². The topological polar surface area (TPSA) is 136 Å². The molecule has 0 radical (unpaired) electrons. The maximum absolute atomic E-state index is 10.8. The Morgan fingerprint density at radius 1 is 1.45 bits per heavy atom. The number of nitrogen functional groups attached to an aromatic ring is 1. The molecule has 110 valence electrons. The van der Waals surface area contributed by atoms with Crippen LogP contribution < -0.4 is 16.6 Å². The fraction of sp³-hybridized carbons (Fsp3) is 0.545. The lowest BCUT2D eigenvalue weighted by Crippen LogP contribution is -2.42. The van der Waals surface area contributed by atoms with Crippen molar-refractivity contribution in [3.8, 4) is 0 Å². The molecule has 0 atom stereocenters. The first-order valence-electron chi connectivity index (χ1n) is 6.19. The van der Waals surface area contributed by atoms with Gasteiger partial charge in [-0.3, -0.25) is 10.1 Å². The summed E-state index contributed by atoms with van der Waals surface area (Å²) in [5.74, 6) is 5.69. The summed E-state index contributed by atoms with van der Waals surface area (Å²) in [5, 5.41) is 24.0. The van der Waals surface area contributed by atoms with Crippen LogP contribution in [0, 0.1) is 10.1 Å². The Labute approximate surface area is 115 Å². The number of nitro groups is 1. The first-order valence-corrected chi connectivity index (χ1v) is 6.19. The number of nitrogens with two attached hydrogens (primary N) is 1. The first kappa shape index (κ1) is 14.4. The number of anilines is 2. The molecule has 2 rings (SSSR count). The summed E-state index contributed by atoms with van der Waals surface area (Å²) in [6.07, 6.45) is 1.02. The van der Waals surface area contributed by atoms with E-state index in [9.17, 15) is 15.2 Å². The molecule has 0 aliphatic carbocycles. The highest BCUT2D eigenvalue weighted by molar-refractivity contribution is 5.54. The molecule has 0 saturated carbocycles. The van der Waals surface area contributed by atoms with E-state index >= 15 is 0 Å². The predicted octanol–water partition coefficient (Wildman–Crippen LogP) is 0.229. The van der Waals surface area contributed by atoms with E-state index in [1.165, 1.54) is 12.1 Å². The van der Waals surface area contributed by atoms with E-state index in [1.54, 1.807) is 0 Å². The van der Waals surface area contributed by atoms with Gasteiger partial charge in [-0.2, -0.15) is 0 Å². The second kappa shape index (κ2) is 5.99. The van der Waals surface area contributed by atoms with E-state index in [0.717, 1.165) is 0 Å². The highest BCUT2D eigenvalue weighted by Gasteiger charge is 2.29. The zero-order valence-electron chi connectivity index (χ0n) is 10.8. The number of hydrogen-bond acceptors (Lipinski definition) is 8. The average molecular weight is 283 g/mol. The molecule has 9 heteroatoms. The first-order chi connectivity index (χ1) is 9.52. The second-order valence-electron chi connectivity index (χ2n) is 4.69. The van der Waals surface area contributed by atoms with Crippen LogP contribution in [0.25, 0.3) is 0 Å². The molecule has 2 heterocycles. The third-order valence-corrected chi connectivity index (χ3v) is 3.19. The van der Waals surface area contributed by atoms with Crippen molar-refractivity contribution in [2.75, 3.05) is 30.5 Å². The van der Waals surface area contributed by atoms with Crippen molar-refractivity contribution in [3.63, 3.8) is 0 Å². The molecule has 0 unspecified atom stereocenters. The van der Waals surface area contributed by atoms with Gasteiger partial charge in [-0.05, 0) is 0 Å². The molecule has 0 bridgehead atoms. The van der Waals surface area contributed by atoms with E-state index in [2.05, 4.69) is 15.7 Å². The van der Waals surface area contributed by atoms with Crippen LogP contribution >= 0.6 is 0 Å². The van der Waals surface area contributed by atoms with E-state index in [1.807, 2.05) is 0 Å². The van der Waals surface area contributed by atoms with Gasteiger partial charge in [0.2, 0.25) is 0 Å². The van der Waals surface area contributed by atoms with E-state index in [-0.39, 0.29) is 23.9 Å². The molecular formula is C11H17N5O4. The molecule has 0 aromatic carbocycles. The highest BCUT2D eigenvalue weighted by Crippen LogP contribution is 2.23. The molecule has 5 N–H and O–H groups in total. The van der Waals surface area contributed by atoms with E-state index in [4.69, 9.17) is 10.6 Å². The predicted molar refractivity (Wildman–Crippen MR) is 72.2 cm³/mol. The molecule has 20 heavy (non-hydrogen) atoms. The zero-order chi connectivity index (χ0) is 14.6. The molecule has 1 saturated heterocycles. The van der Waals surface area contributed by atoms with Gasteiger partial charge in [0, 0.05) is 32.6 Å². The lowest BCUT2D eigenvalue weighted by molar-refractivity contribution is -0.384. The SMILES string of the molecule is NNc1cc([N+](=O)[O-])cc(NCC2(O)CCOCC2)n1. The number of hydrazine groups is 1. The van der Waals surface area contributed by atoms with Gasteiger partial charge in [0.15, 0.2) is 0 Å². The fourth-order valence-corrected chi connectivity index (χ4v) is 1.97. The third kappa shape index (κ3) is 3.53. The number of hydrogen-bond donors (Lipinski definition) is 4. The van der Waals surface area contributed by atoms with Gasteiger partial charge in [-0.15, -0.1) is 0 Å². The number of aromatic nitrogens is 1. The Balaban J connectivity index is 2.08. The van der Waals surface area contributed by atoms with Crippen LogP contribution in [0.1, 0.15) is 12.8 Å².